The van der Waals surface area contributed by atoms with E-state index in [2.05, 4.69) is 36.1 Å². The Morgan fingerprint density at radius 2 is 1.59 bits per heavy atom. The molecule has 2 aromatic rings. The van der Waals surface area contributed by atoms with Crippen LogP contribution in [0.3, 0.4) is 0 Å². The highest BCUT2D eigenvalue weighted by Crippen LogP contribution is 2.21. The number of hydrogen-bond acceptors (Lipinski definition) is 3. The molecule has 170 valence electrons. The van der Waals surface area contributed by atoms with E-state index in [4.69, 9.17) is 0 Å². The van der Waals surface area contributed by atoms with Crippen molar-refractivity contribution in [1.29, 1.82) is 0 Å². The third-order valence-electron chi connectivity index (χ3n) is 6.88. The lowest BCUT2D eigenvalue weighted by atomic mass is 9.95. The highest BCUT2D eigenvalue weighted by molar-refractivity contribution is 5.82. The number of hydrogen-bond donors (Lipinski definition) is 0. The normalized spacial score (nSPS) is 20.1. The van der Waals surface area contributed by atoms with E-state index in [9.17, 15) is 9.59 Å². The molecule has 5 nitrogen and oxygen atoms in total. The Morgan fingerprint density at radius 3 is 2.41 bits per heavy atom. The van der Waals surface area contributed by atoms with E-state index in [1.165, 1.54) is 11.1 Å². The first-order valence-electron chi connectivity index (χ1n) is 12.0. The number of nitrogens with zero attached hydrogens (tertiary/aromatic N) is 3. The van der Waals surface area contributed by atoms with Crippen molar-refractivity contribution in [3.8, 4) is 0 Å². The quantitative estimate of drug-likeness (QED) is 0.725. The minimum atomic E-state index is -0.0635. The molecule has 0 aromatic heterocycles. The molecule has 0 N–H and O–H groups in total. The lowest BCUT2D eigenvalue weighted by molar-refractivity contribution is -0.140. The lowest BCUT2D eigenvalue weighted by Crippen LogP contribution is -2.47. The number of rotatable bonds is 5. The maximum absolute atomic E-state index is 13.3. The van der Waals surface area contributed by atoms with Crippen LogP contribution in [0.4, 0.5) is 0 Å². The van der Waals surface area contributed by atoms with Crippen LogP contribution < -0.4 is 0 Å². The third kappa shape index (κ3) is 5.77. The van der Waals surface area contributed by atoms with E-state index in [1.807, 2.05) is 40.1 Å². The summed E-state index contributed by atoms with van der Waals surface area (Å²) in [6.07, 6.45) is 3.21. The van der Waals surface area contributed by atoms with Crippen LogP contribution in [0.2, 0.25) is 0 Å². The summed E-state index contributed by atoms with van der Waals surface area (Å²) in [7, 11) is 0. The van der Waals surface area contributed by atoms with Gasteiger partial charge in [0.2, 0.25) is 11.8 Å². The van der Waals surface area contributed by atoms with E-state index in [0.717, 1.165) is 64.1 Å². The summed E-state index contributed by atoms with van der Waals surface area (Å²) < 4.78 is 0. The van der Waals surface area contributed by atoms with Crippen LogP contribution in [0.5, 0.6) is 0 Å². The second kappa shape index (κ2) is 10.8. The summed E-state index contributed by atoms with van der Waals surface area (Å²) >= 11 is 0. The first-order chi connectivity index (χ1) is 15.6. The maximum Gasteiger partial charge on any atom is 0.227 e. The summed E-state index contributed by atoms with van der Waals surface area (Å²) in [6, 6.07) is 18.4. The zero-order valence-corrected chi connectivity index (χ0v) is 19.2. The zero-order chi connectivity index (χ0) is 22.3. The van der Waals surface area contributed by atoms with Gasteiger partial charge in [-0.3, -0.25) is 14.5 Å². The first kappa shape index (κ1) is 22.5. The molecule has 32 heavy (non-hydrogen) atoms. The van der Waals surface area contributed by atoms with Gasteiger partial charge in [0, 0.05) is 45.8 Å². The minimum absolute atomic E-state index is 0.0635. The Morgan fingerprint density at radius 1 is 0.844 bits per heavy atom. The van der Waals surface area contributed by atoms with Crippen molar-refractivity contribution in [1.82, 2.24) is 14.7 Å². The van der Waals surface area contributed by atoms with Gasteiger partial charge >= 0.3 is 0 Å². The molecule has 2 amide bonds. The predicted octanol–water partition coefficient (Wildman–Crippen LogP) is 3.51. The number of amides is 2. The summed E-state index contributed by atoms with van der Waals surface area (Å²) in [4.78, 5) is 32.5. The Kier molecular flexibility index (Phi) is 7.59. The topological polar surface area (TPSA) is 43.9 Å². The van der Waals surface area contributed by atoms with Gasteiger partial charge in [-0.15, -0.1) is 0 Å². The van der Waals surface area contributed by atoms with E-state index in [0.29, 0.717) is 13.0 Å². The van der Waals surface area contributed by atoms with Crippen molar-refractivity contribution < 1.29 is 9.59 Å². The maximum atomic E-state index is 13.3. The van der Waals surface area contributed by atoms with Gasteiger partial charge in [0.15, 0.2) is 0 Å². The molecule has 0 aliphatic carbocycles. The van der Waals surface area contributed by atoms with E-state index in [1.54, 1.807) is 0 Å². The molecule has 0 radical (unpaired) electrons. The van der Waals surface area contributed by atoms with Crippen LogP contribution in [-0.2, 0) is 22.6 Å². The van der Waals surface area contributed by atoms with Gasteiger partial charge in [-0.05, 0) is 42.9 Å². The van der Waals surface area contributed by atoms with Gasteiger partial charge < -0.3 is 9.80 Å². The van der Waals surface area contributed by atoms with Crippen molar-refractivity contribution in [2.75, 3.05) is 39.3 Å². The molecule has 2 aliphatic rings. The van der Waals surface area contributed by atoms with Crippen LogP contribution in [0, 0.1) is 12.8 Å². The average Bonchev–Trinajstić information content (AvgIpc) is 3.06. The molecule has 2 saturated heterocycles. The van der Waals surface area contributed by atoms with Crippen molar-refractivity contribution in [2.24, 2.45) is 5.92 Å². The Hall–Kier alpha value is -2.66. The number of carbonyl (C=O) groups is 2. The Labute approximate surface area is 192 Å². The molecule has 1 unspecified atom stereocenters. The fourth-order valence-corrected chi connectivity index (χ4v) is 4.92. The Bertz CT molecular complexity index is 914. The molecule has 2 fully saturated rings. The number of carbonyl (C=O) groups excluding carboxylic acids is 2. The molecule has 2 aliphatic heterocycles. The number of piperidine rings is 1. The SMILES string of the molecule is Cc1ccccc1CN1CCCN(C(=O)C2CCCN(C(=O)Cc3ccccc3)C2)CC1. The molecule has 2 heterocycles. The monoisotopic (exact) mass is 433 g/mol. The van der Waals surface area contributed by atoms with Crippen molar-refractivity contribution in [2.45, 2.75) is 39.2 Å². The molecule has 0 bridgehead atoms. The van der Waals surface area contributed by atoms with Gasteiger partial charge in [-0.2, -0.15) is 0 Å². The van der Waals surface area contributed by atoms with Crippen LogP contribution in [0.1, 0.15) is 36.0 Å². The van der Waals surface area contributed by atoms with Crippen molar-refractivity contribution >= 4 is 11.8 Å². The Balaban J connectivity index is 1.30. The number of likely N-dealkylation sites (tertiary alicyclic amines) is 1. The van der Waals surface area contributed by atoms with Crippen LogP contribution in [0.25, 0.3) is 0 Å². The van der Waals surface area contributed by atoms with Crippen molar-refractivity contribution in [3.63, 3.8) is 0 Å². The fourth-order valence-electron chi connectivity index (χ4n) is 4.92. The van der Waals surface area contributed by atoms with E-state index >= 15 is 0 Å². The van der Waals surface area contributed by atoms with Gasteiger partial charge in [-0.25, -0.2) is 0 Å². The van der Waals surface area contributed by atoms with Gasteiger partial charge in [0.1, 0.15) is 0 Å². The van der Waals surface area contributed by atoms with Crippen LogP contribution in [0.15, 0.2) is 54.6 Å². The summed E-state index contributed by atoms with van der Waals surface area (Å²) in [5.41, 5.74) is 3.73. The van der Waals surface area contributed by atoms with Gasteiger partial charge in [-0.1, -0.05) is 54.6 Å². The number of benzene rings is 2. The highest BCUT2D eigenvalue weighted by Gasteiger charge is 2.32. The smallest absolute Gasteiger partial charge is 0.227 e. The summed E-state index contributed by atoms with van der Waals surface area (Å²) in [5, 5.41) is 0. The average molecular weight is 434 g/mol. The zero-order valence-electron chi connectivity index (χ0n) is 19.2. The predicted molar refractivity (Wildman–Crippen MR) is 127 cm³/mol. The highest BCUT2D eigenvalue weighted by atomic mass is 16.2. The van der Waals surface area contributed by atoms with Crippen molar-refractivity contribution in [3.05, 3.63) is 71.3 Å². The summed E-state index contributed by atoms with van der Waals surface area (Å²) in [5.74, 6) is 0.306. The lowest BCUT2D eigenvalue weighted by Gasteiger charge is -2.35. The van der Waals surface area contributed by atoms with Crippen LogP contribution in [-0.4, -0.2) is 65.8 Å². The van der Waals surface area contributed by atoms with Gasteiger partial charge in [0.05, 0.1) is 12.3 Å². The first-order valence-corrected chi connectivity index (χ1v) is 12.0. The van der Waals surface area contributed by atoms with E-state index in [-0.39, 0.29) is 17.7 Å². The number of aryl methyl sites for hydroxylation is 1. The molecule has 2 aromatic carbocycles. The van der Waals surface area contributed by atoms with Gasteiger partial charge in [0.25, 0.3) is 0 Å². The molecule has 0 saturated carbocycles. The van der Waals surface area contributed by atoms with E-state index < -0.39 is 0 Å². The minimum Gasteiger partial charge on any atom is -0.342 e. The molecule has 4 rings (SSSR count). The fraction of sp³-hybridized carbons (Fsp3) is 0.481. The third-order valence-corrected chi connectivity index (χ3v) is 6.88. The molecular formula is C27H35N3O2. The molecule has 0 spiro atoms. The second-order valence-electron chi connectivity index (χ2n) is 9.22. The largest absolute Gasteiger partial charge is 0.342 e. The second-order valence-corrected chi connectivity index (χ2v) is 9.22. The molecule has 1 atom stereocenters. The molecular weight excluding hydrogens is 398 g/mol. The summed E-state index contributed by atoms with van der Waals surface area (Å²) in [6.45, 7) is 7.95. The van der Waals surface area contributed by atoms with Crippen LogP contribution >= 0.6 is 0 Å². The standard InChI is InChI=1S/C27H35N3O2/c1-22-9-5-6-12-24(22)20-28-14-8-16-29(18-17-28)27(32)25-13-7-15-30(21-25)26(31)19-23-10-3-2-4-11-23/h2-6,9-12,25H,7-8,13-21H2,1H3. The molecule has 5 heteroatoms.